The van der Waals surface area contributed by atoms with E-state index in [9.17, 15) is 8.42 Å². The van der Waals surface area contributed by atoms with Crippen LogP contribution < -0.4 is 4.72 Å². The Labute approximate surface area is 99.1 Å². The Hall–Kier alpha value is -0.550. The maximum absolute atomic E-state index is 11.4. The minimum Gasteiger partial charge on any atom is -0.282 e. The van der Waals surface area contributed by atoms with Crippen molar-refractivity contribution in [2.75, 3.05) is 9.38 Å². The van der Waals surface area contributed by atoms with Crippen molar-refractivity contribution in [1.29, 1.82) is 0 Å². The number of hydrogen-bond donors (Lipinski definition) is 1. The summed E-state index contributed by atoms with van der Waals surface area (Å²) in [6.07, 6.45) is 0. The number of sulfonamides is 1. The van der Waals surface area contributed by atoms with Crippen LogP contribution in [0.4, 0.5) is 5.69 Å². The molecule has 0 radical (unpaired) electrons. The average molecular weight is 292 g/mol. The van der Waals surface area contributed by atoms with Gasteiger partial charge >= 0.3 is 0 Å². The van der Waals surface area contributed by atoms with E-state index in [4.69, 9.17) is 0 Å². The number of halogens is 1. The molecule has 0 aliphatic rings. The van der Waals surface area contributed by atoms with Gasteiger partial charge in [0.1, 0.15) is 4.66 Å². The fourth-order valence-corrected chi connectivity index (χ4v) is 2.55. The molecule has 0 aliphatic carbocycles. The van der Waals surface area contributed by atoms with E-state index < -0.39 is 10.0 Å². The smallest absolute Gasteiger partial charge is 0.242 e. The Balaban J connectivity index is 3.17. The number of anilines is 1. The molecule has 3 nitrogen and oxygen atoms in total. The summed E-state index contributed by atoms with van der Waals surface area (Å²) in [7, 11) is -3.26. The van der Waals surface area contributed by atoms with Crippen molar-refractivity contribution in [3.63, 3.8) is 0 Å². The zero-order valence-corrected chi connectivity index (χ0v) is 11.4. The molecule has 15 heavy (non-hydrogen) atoms. The highest BCUT2D eigenvalue weighted by Gasteiger charge is 2.11. The molecule has 1 aromatic carbocycles. The summed E-state index contributed by atoms with van der Waals surface area (Å²) in [5, 5.41) is 0. The quantitative estimate of drug-likeness (QED) is 0.871. The van der Waals surface area contributed by atoms with Gasteiger partial charge in [0, 0.05) is 0 Å². The second-order valence-electron chi connectivity index (χ2n) is 3.60. The fourth-order valence-electron chi connectivity index (χ4n) is 1.52. The van der Waals surface area contributed by atoms with Crippen molar-refractivity contribution in [2.24, 2.45) is 0 Å². The van der Waals surface area contributed by atoms with Gasteiger partial charge < -0.3 is 0 Å². The minimum atomic E-state index is -3.26. The third-order valence-electron chi connectivity index (χ3n) is 2.08. The second-order valence-corrected chi connectivity index (χ2v) is 6.62. The SMILES string of the molecule is Cc1cc(C)c(NS(=O)(=O)CBr)c(C)c1. The molecule has 0 heterocycles. The highest BCUT2D eigenvalue weighted by Crippen LogP contribution is 2.23. The largest absolute Gasteiger partial charge is 0.282 e. The third-order valence-corrected chi connectivity index (χ3v) is 4.69. The summed E-state index contributed by atoms with van der Waals surface area (Å²) in [5.41, 5.74) is 3.70. The number of aryl methyl sites for hydroxylation is 3. The fraction of sp³-hybridized carbons (Fsp3) is 0.400. The van der Waals surface area contributed by atoms with Crippen LogP contribution in [0.1, 0.15) is 16.7 Å². The first kappa shape index (κ1) is 12.5. The predicted octanol–water partition coefficient (Wildman–Crippen LogP) is 2.71. The first-order valence-corrected chi connectivity index (χ1v) is 7.27. The summed E-state index contributed by atoms with van der Waals surface area (Å²) in [5.74, 6) is 0. The van der Waals surface area contributed by atoms with Crippen molar-refractivity contribution in [1.82, 2.24) is 0 Å². The Morgan fingerprint density at radius 2 is 1.67 bits per heavy atom. The molecule has 0 unspecified atom stereocenters. The lowest BCUT2D eigenvalue weighted by atomic mass is 10.1. The van der Waals surface area contributed by atoms with E-state index in [0.717, 1.165) is 16.7 Å². The molecule has 84 valence electrons. The van der Waals surface area contributed by atoms with Gasteiger partial charge in [-0.2, -0.15) is 0 Å². The molecular formula is C10H14BrNO2S. The van der Waals surface area contributed by atoms with E-state index in [-0.39, 0.29) is 4.66 Å². The van der Waals surface area contributed by atoms with Gasteiger partial charge in [0.25, 0.3) is 0 Å². The number of nitrogens with one attached hydrogen (secondary N) is 1. The van der Waals surface area contributed by atoms with Crippen LogP contribution in [0.3, 0.4) is 0 Å². The lowest BCUT2D eigenvalue weighted by molar-refractivity contribution is 0.606. The van der Waals surface area contributed by atoms with Gasteiger partial charge in [-0.15, -0.1) is 0 Å². The van der Waals surface area contributed by atoms with Gasteiger partial charge in [-0.3, -0.25) is 4.72 Å². The summed E-state index contributed by atoms with van der Waals surface area (Å²) >= 11 is 2.94. The maximum atomic E-state index is 11.4. The zero-order valence-electron chi connectivity index (χ0n) is 8.96. The van der Waals surface area contributed by atoms with Gasteiger partial charge in [-0.1, -0.05) is 33.6 Å². The molecule has 0 atom stereocenters. The molecule has 0 fully saturated rings. The van der Waals surface area contributed by atoms with Crippen LogP contribution in [0, 0.1) is 20.8 Å². The van der Waals surface area contributed by atoms with E-state index in [2.05, 4.69) is 20.7 Å². The van der Waals surface area contributed by atoms with Crippen molar-refractivity contribution in [2.45, 2.75) is 20.8 Å². The molecule has 0 amide bonds. The van der Waals surface area contributed by atoms with Crippen molar-refractivity contribution >= 4 is 31.6 Å². The van der Waals surface area contributed by atoms with Crippen LogP contribution >= 0.6 is 15.9 Å². The highest BCUT2D eigenvalue weighted by atomic mass is 79.9. The number of rotatable bonds is 3. The van der Waals surface area contributed by atoms with E-state index in [0.29, 0.717) is 5.69 Å². The molecule has 1 N–H and O–H groups in total. The van der Waals surface area contributed by atoms with E-state index in [1.807, 2.05) is 32.9 Å². The van der Waals surface area contributed by atoms with Crippen LogP contribution in [-0.2, 0) is 10.0 Å². The Morgan fingerprint density at radius 1 is 1.20 bits per heavy atom. The number of hydrogen-bond acceptors (Lipinski definition) is 2. The molecular weight excluding hydrogens is 278 g/mol. The summed E-state index contributed by atoms with van der Waals surface area (Å²) in [6.45, 7) is 5.78. The number of benzene rings is 1. The van der Waals surface area contributed by atoms with Gasteiger partial charge in [-0.25, -0.2) is 8.42 Å². The molecule has 5 heteroatoms. The maximum Gasteiger partial charge on any atom is 0.242 e. The highest BCUT2D eigenvalue weighted by molar-refractivity contribution is 9.10. The average Bonchev–Trinajstić information content (AvgIpc) is 2.11. The first-order valence-electron chi connectivity index (χ1n) is 4.50. The van der Waals surface area contributed by atoms with Crippen molar-refractivity contribution < 1.29 is 8.42 Å². The molecule has 0 aliphatic heterocycles. The lowest BCUT2D eigenvalue weighted by Crippen LogP contribution is -2.15. The Kier molecular flexibility index (Phi) is 3.78. The predicted molar refractivity (Wildman–Crippen MR) is 67.0 cm³/mol. The number of alkyl halides is 1. The summed E-state index contributed by atoms with van der Waals surface area (Å²) in [4.78, 5) is 0. The monoisotopic (exact) mass is 291 g/mol. The van der Waals surface area contributed by atoms with Crippen LogP contribution in [0.15, 0.2) is 12.1 Å². The summed E-state index contributed by atoms with van der Waals surface area (Å²) < 4.78 is 25.3. The van der Waals surface area contributed by atoms with Gasteiger partial charge in [-0.05, 0) is 31.9 Å². The zero-order chi connectivity index (χ0) is 11.6. The molecule has 1 rings (SSSR count). The molecule has 0 saturated heterocycles. The standard InChI is InChI=1S/C10H14BrNO2S/c1-7-4-8(2)10(9(3)5-7)12-15(13,14)6-11/h4-5,12H,6H2,1-3H3. The Bertz CT molecular complexity index is 445. The van der Waals surface area contributed by atoms with Gasteiger partial charge in [0.15, 0.2) is 0 Å². The van der Waals surface area contributed by atoms with Gasteiger partial charge in [0.2, 0.25) is 10.0 Å². The first-order chi connectivity index (χ1) is 6.85. The molecule has 0 bridgehead atoms. The third kappa shape index (κ3) is 3.21. The van der Waals surface area contributed by atoms with Crippen LogP contribution in [0.2, 0.25) is 0 Å². The van der Waals surface area contributed by atoms with Gasteiger partial charge in [0.05, 0.1) is 5.69 Å². The summed E-state index contributed by atoms with van der Waals surface area (Å²) in [6, 6.07) is 3.91. The second kappa shape index (κ2) is 4.53. The van der Waals surface area contributed by atoms with Crippen LogP contribution in [0.5, 0.6) is 0 Å². The van der Waals surface area contributed by atoms with E-state index >= 15 is 0 Å². The topological polar surface area (TPSA) is 46.2 Å². The molecule has 0 spiro atoms. The van der Waals surface area contributed by atoms with Crippen LogP contribution in [-0.4, -0.2) is 13.1 Å². The molecule has 1 aromatic rings. The normalized spacial score (nSPS) is 11.5. The van der Waals surface area contributed by atoms with E-state index in [1.165, 1.54) is 0 Å². The van der Waals surface area contributed by atoms with Crippen molar-refractivity contribution in [3.8, 4) is 0 Å². The lowest BCUT2D eigenvalue weighted by Gasteiger charge is -2.12. The minimum absolute atomic E-state index is 0.0905. The van der Waals surface area contributed by atoms with E-state index in [1.54, 1.807) is 0 Å². The van der Waals surface area contributed by atoms with Crippen LogP contribution in [0.25, 0.3) is 0 Å². The molecule has 0 aromatic heterocycles. The molecule has 0 saturated carbocycles. The Morgan fingerprint density at radius 3 is 2.07 bits per heavy atom. The van der Waals surface area contributed by atoms with Crippen molar-refractivity contribution in [3.05, 3.63) is 28.8 Å².